The summed E-state index contributed by atoms with van der Waals surface area (Å²) in [7, 11) is 1.61. The third-order valence-corrected chi connectivity index (χ3v) is 6.09. The van der Waals surface area contributed by atoms with Gasteiger partial charge in [0.15, 0.2) is 0 Å². The molecule has 7 heteroatoms. The quantitative estimate of drug-likeness (QED) is 0.457. The lowest BCUT2D eigenvalue weighted by atomic mass is 9.89. The second kappa shape index (κ2) is 11.4. The van der Waals surface area contributed by atoms with Gasteiger partial charge >= 0.3 is 6.03 Å². The Morgan fingerprint density at radius 3 is 2.31 bits per heavy atom. The average molecular weight is 474 g/mol. The van der Waals surface area contributed by atoms with Gasteiger partial charge in [-0.1, -0.05) is 12.1 Å². The molecule has 1 fully saturated rings. The summed E-state index contributed by atoms with van der Waals surface area (Å²) in [6.07, 6.45) is 1.88. The Hall–Kier alpha value is -4.00. The highest BCUT2D eigenvalue weighted by atomic mass is 16.5. The number of ether oxygens (including phenoxy) is 2. The van der Waals surface area contributed by atoms with Gasteiger partial charge in [-0.05, 0) is 86.0 Å². The van der Waals surface area contributed by atoms with Crippen LogP contribution < -0.4 is 20.1 Å². The van der Waals surface area contributed by atoms with Crippen LogP contribution in [0.1, 0.15) is 41.6 Å². The van der Waals surface area contributed by atoms with Crippen LogP contribution in [0, 0.1) is 0 Å². The minimum Gasteiger partial charge on any atom is -0.497 e. The first-order chi connectivity index (χ1) is 17.1. The highest BCUT2D eigenvalue weighted by Gasteiger charge is 2.25. The molecule has 35 heavy (non-hydrogen) atoms. The first kappa shape index (κ1) is 24.1. The number of likely N-dealkylation sites (tertiary alicyclic amines) is 1. The number of hydrogen-bond acceptors (Lipinski definition) is 4. The van der Waals surface area contributed by atoms with E-state index in [1.54, 1.807) is 19.2 Å². The Balaban J connectivity index is 1.38. The van der Waals surface area contributed by atoms with Crippen LogP contribution in [0.2, 0.25) is 0 Å². The first-order valence-electron chi connectivity index (χ1n) is 11.9. The maximum atomic E-state index is 12.9. The monoisotopic (exact) mass is 473 g/mol. The molecule has 1 aliphatic heterocycles. The lowest BCUT2D eigenvalue weighted by Crippen LogP contribution is -2.41. The zero-order chi connectivity index (χ0) is 24.6. The summed E-state index contributed by atoms with van der Waals surface area (Å²) in [6, 6.07) is 22.2. The molecule has 3 amide bonds. The van der Waals surface area contributed by atoms with Gasteiger partial charge in [0.25, 0.3) is 5.91 Å². The number of urea groups is 1. The summed E-state index contributed by atoms with van der Waals surface area (Å²) in [5, 5.41) is 5.90. The summed E-state index contributed by atoms with van der Waals surface area (Å²) >= 11 is 0. The molecule has 0 saturated carbocycles. The van der Waals surface area contributed by atoms with E-state index in [9.17, 15) is 9.59 Å². The molecule has 0 spiro atoms. The van der Waals surface area contributed by atoms with Crippen molar-refractivity contribution in [2.75, 3.05) is 37.4 Å². The lowest BCUT2D eigenvalue weighted by molar-refractivity contribution is 0.102. The summed E-state index contributed by atoms with van der Waals surface area (Å²) in [6.45, 7) is 3.85. The van der Waals surface area contributed by atoms with Crippen molar-refractivity contribution in [3.8, 4) is 11.5 Å². The number of rotatable bonds is 7. The Kier molecular flexibility index (Phi) is 7.88. The first-order valence-corrected chi connectivity index (χ1v) is 11.9. The van der Waals surface area contributed by atoms with E-state index in [0.29, 0.717) is 30.9 Å². The maximum Gasteiger partial charge on any atom is 0.321 e. The minimum absolute atomic E-state index is 0.118. The summed E-state index contributed by atoms with van der Waals surface area (Å²) in [5.41, 5.74) is 3.09. The summed E-state index contributed by atoms with van der Waals surface area (Å²) in [4.78, 5) is 27.6. The fraction of sp³-hybridized carbons (Fsp3) is 0.286. The van der Waals surface area contributed by atoms with Crippen LogP contribution in [-0.2, 0) is 0 Å². The van der Waals surface area contributed by atoms with Crippen molar-refractivity contribution in [3.63, 3.8) is 0 Å². The molecule has 0 unspecified atom stereocenters. The number of hydrogen-bond donors (Lipinski definition) is 2. The molecule has 7 nitrogen and oxygen atoms in total. The molecule has 2 N–H and O–H groups in total. The molecule has 1 atom stereocenters. The molecule has 3 aromatic rings. The number of nitrogens with one attached hydrogen (secondary N) is 2. The van der Waals surface area contributed by atoms with E-state index < -0.39 is 0 Å². The summed E-state index contributed by atoms with van der Waals surface area (Å²) < 4.78 is 10.6. The largest absolute Gasteiger partial charge is 0.497 e. The van der Waals surface area contributed by atoms with Gasteiger partial charge < -0.3 is 25.0 Å². The fourth-order valence-corrected chi connectivity index (χ4v) is 4.25. The average Bonchev–Trinajstić information content (AvgIpc) is 2.90. The molecule has 0 aliphatic carbocycles. The van der Waals surface area contributed by atoms with Crippen molar-refractivity contribution < 1.29 is 19.1 Å². The van der Waals surface area contributed by atoms with Gasteiger partial charge in [-0.25, -0.2) is 4.79 Å². The standard InChI is InChI=1S/C28H31N3O4/c1-3-35-26-15-11-24(12-16-26)30-28(33)31-17-5-8-22(19-31)20-6-4-7-21(18-20)27(32)29-23-9-13-25(34-2)14-10-23/h4,6-7,9-16,18,22H,3,5,8,17,19H2,1-2H3,(H,29,32)(H,30,33)/t22-/m0/s1. The normalized spacial score (nSPS) is 15.3. The second-order valence-corrected chi connectivity index (χ2v) is 8.48. The molecule has 4 rings (SSSR count). The molecule has 1 aliphatic rings. The Bertz CT molecular complexity index is 1150. The fourth-order valence-electron chi connectivity index (χ4n) is 4.25. The third kappa shape index (κ3) is 6.32. The van der Waals surface area contributed by atoms with Crippen molar-refractivity contribution in [2.45, 2.75) is 25.7 Å². The zero-order valence-electron chi connectivity index (χ0n) is 20.1. The molecular weight excluding hydrogens is 442 g/mol. The number of anilines is 2. The predicted molar refractivity (Wildman–Crippen MR) is 138 cm³/mol. The molecule has 182 valence electrons. The Labute approximate surface area is 206 Å². The van der Waals surface area contributed by atoms with Gasteiger partial charge in [0.1, 0.15) is 11.5 Å². The number of nitrogens with zero attached hydrogens (tertiary/aromatic N) is 1. The lowest BCUT2D eigenvalue weighted by Gasteiger charge is -2.33. The van der Waals surface area contributed by atoms with Crippen molar-refractivity contribution in [2.24, 2.45) is 0 Å². The van der Waals surface area contributed by atoms with Crippen LogP contribution in [0.25, 0.3) is 0 Å². The number of carbonyl (C=O) groups excluding carboxylic acids is 2. The van der Waals surface area contributed by atoms with E-state index in [0.717, 1.165) is 35.6 Å². The van der Waals surface area contributed by atoms with Gasteiger partial charge in [-0.2, -0.15) is 0 Å². The Morgan fingerprint density at radius 2 is 1.63 bits per heavy atom. The molecule has 1 saturated heterocycles. The third-order valence-electron chi connectivity index (χ3n) is 6.09. The molecule has 0 radical (unpaired) electrons. The van der Waals surface area contributed by atoms with Gasteiger partial charge in [-0.15, -0.1) is 0 Å². The highest BCUT2D eigenvalue weighted by molar-refractivity contribution is 6.04. The topological polar surface area (TPSA) is 79.9 Å². The van der Waals surface area contributed by atoms with Crippen molar-refractivity contribution in [1.82, 2.24) is 4.90 Å². The van der Waals surface area contributed by atoms with Crippen LogP contribution in [0.3, 0.4) is 0 Å². The molecule has 3 aromatic carbocycles. The van der Waals surface area contributed by atoms with E-state index in [-0.39, 0.29) is 17.9 Å². The number of carbonyl (C=O) groups is 2. The van der Waals surface area contributed by atoms with Gasteiger partial charge in [0.2, 0.25) is 0 Å². The van der Waals surface area contributed by atoms with E-state index in [4.69, 9.17) is 9.47 Å². The number of methoxy groups -OCH3 is 1. The molecule has 0 aromatic heterocycles. The van der Waals surface area contributed by atoms with Crippen molar-refractivity contribution >= 4 is 23.3 Å². The van der Waals surface area contributed by atoms with Crippen LogP contribution in [0.15, 0.2) is 72.8 Å². The minimum atomic E-state index is -0.169. The summed E-state index contributed by atoms with van der Waals surface area (Å²) in [5.74, 6) is 1.51. The van der Waals surface area contributed by atoms with Crippen molar-refractivity contribution in [3.05, 3.63) is 83.9 Å². The zero-order valence-corrected chi connectivity index (χ0v) is 20.1. The molecule has 0 bridgehead atoms. The van der Waals surface area contributed by atoms with Crippen LogP contribution in [0.4, 0.5) is 16.2 Å². The van der Waals surface area contributed by atoms with Crippen LogP contribution in [0.5, 0.6) is 11.5 Å². The molecule has 1 heterocycles. The van der Waals surface area contributed by atoms with E-state index >= 15 is 0 Å². The van der Waals surface area contributed by atoms with Gasteiger partial charge in [-0.3, -0.25) is 4.79 Å². The predicted octanol–water partition coefficient (Wildman–Crippen LogP) is 5.76. The number of piperidine rings is 1. The van der Waals surface area contributed by atoms with E-state index in [2.05, 4.69) is 10.6 Å². The van der Waals surface area contributed by atoms with Crippen molar-refractivity contribution in [1.29, 1.82) is 0 Å². The molecular formula is C28H31N3O4. The van der Waals surface area contributed by atoms with Gasteiger partial charge in [0, 0.05) is 35.9 Å². The Morgan fingerprint density at radius 1 is 0.943 bits per heavy atom. The number of benzene rings is 3. The SMILES string of the molecule is CCOc1ccc(NC(=O)N2CCC[C@H](c3cccc(C(=O)Nc4ccc(OC)cc4)c3)C2)cc1. The van der Waals surface area contributed by atoms with Crippen LogP contribution >= 0.6 is 0 Å². The van der Waals surface area contributed by atoms with E-state index in [1.807, 2.05) is 72.5 Å². The highest BCUT2D eigenvalue weighted by Crippen LogP contribution is 2.28. The van der Waals surface area contributed by atoms with E-state index in [1.165, 1.54) is 0 Å². The number of amides is 3. The maximum absolute atomic E-state index is 12.9. The second-order valence-electron chi connectivity index (χ2n) is 8.48. The van der Waals surface area contributed by atoms with Crippen LogP contribution in [-0.4, -0.2) is 43.6 Å². The smallest absolute Gasteiger partial charge is 0.321 e. The van der Waals surface area contributed by atoms with Gasteiger partial charge in [0.05, 0.1) is 13.7 Å².